The van der Waals surface area contributed by atoms with E-state index >= 15 is 0 Å². The van der Waals surface area contributed by atoms with E-state index in [2.05, 4.69) is 9.88 Å². The van der Waals surface area contributed by atoms with Gasteiger partial charge in [0.05, 0.1) is 29.6 Å². The number of carbonyl (C=O) groups excluding carboxylic acids is 1. The predicted molar refractivity (Wildman–Crippen MR) is 126 cm³/mol. The molecule has 0 bridgehead atoms. The maximum Gasteiger partial charge on any atom is 0.283 e. The number of hydrogen-bond acceptors (Lipinski definition) is 7. The topological polar surface area (TPSA) is 106 Å². The monoisotopic (exact) mass is 471 g/mol. The van der Waals surface area contributed by atoms with Crippen molar-refractivity contribution < 1.29 is 17.9 Å². The Labute approximate surface area is 193 Å². The second kappa shape index (κ2) is 9.48. The van der Waals surface area contributed by atoms with Gasteiger partial charge in [-0.3, -0.25) is 4.79 Å². The molecule has 0 atom stereocenters. The Morgan fingerprint density at radius 1 is 1.24 bits per heavy atom. The molecule has 2 aromatic heterocycles. The van der Waals surface area contributed by atoms with Crippen LogP contribution in [0.4, 0.5) is 0 Å². The van der Waals surface area contributed by atoms with E-state index in [-0.39, 0.29) is 5.69 Å². The molecule has 10 heteroatoms. The molecule has 1 aliphatic carbocycles. The van der Waals surface area contributed by atoms with Crippen molar-refractivity contribution in [2.75, 3.05) is 33.5 Å². The molecule has 1 aliphatic rings. The zero-order chi connectivity index (χ0) is 23.6. The third kappa shape index (κ3) is 5.33. The third-order valence-corrected chi connectivity index (χ3v) is 6.20. The minimum Gasteiger partial charge on any atom is -0.493 e. The van der Waals surface area contributed by atoms with Crippen LogP contribution in [0.25, 0.3) is 16.7 Å². The van der Waals surface area contributed by atoms with Gasteiger partial charge in [0.2, 0.25) is 10.0 Å². The maximum atomic E-state index is 12.7. The number of pyridine rings is 1. The molecule has 1 N–H and O–H groups in total. The van der Waals surface area contributed by atoms with Crippen LogP contribution >= 0.6 is 0 Å². The number of aromatic nitrogens is 3. The first kappa shape index (κ1) is 23.2. The van der Waals surface area contributed by atoms with Crippen molar-refractivity contribution in [2.24, 2.45) is 0 Å². The highest BCUT2D eigenvalue weighted by Crippen LogP contribution is 2.42. The maximum absolute atomic E-state index is 12.7. The number of fused-ring (bicyclic) bond motifs is 1. The van der Waals surface area contributed by atoms with Crippen molar-refractivity contribution in [3.8, 4) is 11.4 Å². The summed E-state index contributed by atoms with van der Waals surface area (Å²) in [6.45, 7) is 1.31. The molecule has 4 rings (SSSR count). The summed E-state index contributed by atoms with van der Waals surface area (Å²) in [5.41, 5.74) is 2.16. The van der Waals surface area contributed by atoms with Crippen molar-refractivity contribution in [3.05, 3.63) is 47.8 Å². The molecular formula is C23H29N5O4S. The Kier molecular flexibility index (Phi) is 6.66. The van der Waals surface area contributed by atoms with E-state index in [1.807, 2.05) is 49.1 Å². The Hall–Kier alpha value is -2.98. The van der Waals surface area contributed by atoms with Crippen molar-refractivity contribution in [2.45, 2.75) is 31.6 Å². The van der Waals surface area contributed by atoms with Crippen molar-refractivity contribution in [1.29, 1.82) is 0 Å². The SMILES string of the molecule is CN(C)CCCOc1cc(C(=O)NS(C)(=O)=O)nc2c1c(C1CCC1)nn2-c1ccccc1. The minimum atomic E-state index is -3.74. The summed E-state index contributed by atoms with van der Waals surface area (Å²) in [5.74, 6) is 0.00381. The molecule has 1 saturated carbocycles. The average molecular weight is 472 g/mol. The van der Waals surface area contributed by atoms with E-state index in [0.717, 1.165) is 55.3 Å². The van der Waals surface area contributed by atoms with Crippen LogP contribution in [-0.4, -0.2) is 67.5 Å². The summed E-state index contributed by atoms with van der Waals surface area (Å²) in [4.78, 5) is 19.3. The predicted octanol–water partition coefficient (Wildman–Crippen LogP) is 2.71. The number of ether oxygens (including phenoxy) is 1. The number of para-hydroxylation sites is 1. The number of hydrogen-bond donors (Lipinski definition) is 1. The molecule has 1 amide bonds. The van der Waals surface area contributed by atoms with Gasteiger partial charge in [-0.25, -0.2) is 22.8 Å². The molecule has 1 aromatic carbocycles. The lowest BCUT2D eigenvalue weighted by Gasteiger charge is -2.24. The highest BCUT2D eigenvalue weighted by molar-refractivity contribution is 7.89. The molecule has 0 unspecified atom stereocenters. The fourth-order valence-electron chi connectivity index (χ4n) is 3.84. The van der Waals surface area contributed by atoms with Crippen LogP contribution in [0.1, 0.15) is 47.8 Å². The molecule has 176 valence electrons. The number of rotatable bonds is 9. The molecule has 2 heterocycles. The van der Waals surface area contributed by atoms with E-state index in [9.17, 15) is 13.2 Å². The lowest BCUT2D eigenvalue weighted by Crippen LogP contribution is -2.30. The zero-order valence-corrected chi connectivity index (χ0v) is 19.9. The average Bonchev–Trinajstić information content (AvgIpc) is 3.08. The first-order valence-electron chi connectivity index (χ1n) is 11.0. The second-order valence-electron chi connectivity index (χ2n) is 8.67. The van der Waals surface area contributed by atoms with Gasteiger partial charge in [0.15, 0.2) is 5.65 Å². The quantitative estimate of drug-likeness (QED) is 0.478. The molecular weight excluding hydrogens is 442 g/mol. The van der Waals surface area contributed by atoms with Crippen LogP contribution in [0.5, 0.6) is 5.75 Å². The fourth-order valence-corrected chi connectivity index (χ4v) is 4.28. The number of amides is 1. The summed E-state index contributed by atoms with van der Waals surface area (Å²) in [6, 6.07) is 11.1. The van der Waals surface area contributed by atoms with Crippen LogP contribution < -0.4 is 9.46 Å². The fraction of sp³-hybridized carbons (Fsp3) is 0.435. The van der Waals surface area contributed by atoms with Crippen LogP contribution in [0.3, 0.4) is 0 Å². The van der Waals surface area contributed by atoms with Gasteiger partial charge in [-0.15, -0.1) is 0 Å². The van der Waals surface area contributed by atoms with Crippen LogP contribution in [0.2, 0.25) is 0 Å². The van der Waals surface area contributed by atoms with Crippen molar-refractivity contribution >= 4 is 27.0 Å². The molecule has 3 aromatic rings. The highest BCUT2D eigenvalue weighted by Gasteiger charge is 2.30. The molecule has 9 nitrogen and oxygen atoms in total. The number of nitrogens with one attached hydrogen (secondary N) is 1. The van der Waals surface area contributed by atoms with Gasteiger partial charge in [0.1, 0.15) is 11.4 Å². The first-order valence-corrected chi connectivity index (χ1v) is 12.9. The Morgan fingerprint density at radius 2 is 1.97 bits per heavy atom. The smallest absolute Gasteiger partial charge is 0.283 e. The lowest BCUT2D eigenvalue weighted by atomic mass is 9.82. The van der Waals surface area contributed by atoms with Gasteiger partial charge in [-0.1, -0.05) is 24.6 Å². The summed E-state index contributed by atoms with van der Waals surface area (Å²) in [6.07, 6.45) is 4.96. The van der Waals surface area contributed by atoms with Gasteiger partial charge in [-0.05, 0) is 45.5 Å². The standard InChI is InChI=1S/C23H29N5O4S/c1-27(2)13-8-14-32-19-15-18(23(29)26-33(3,30)31)24-22-20(19)21(16-9-7-10-16)25-28(22)17-11-5-4-6-12-17/h4-6,11-12,15-16H,7-10,13-14H2,1-3H3,(H,26,29). The summed E-state index contributed by atoms with van der Waals surface area (Å²) in [7, 11) is 0.252. The van der Waals surface area contributed by atoms with E-state index < -0.39 is 15.9 Å². The molecule has 0 spiro atoms. The number of nitrogens with zero attached hydrogens (tertiary/aromatic N) is 4. The van der Waals surface area contributed by atoms with Crippen LogP contribution in [0, 0.1) is 0 Å². The van der Waals surface area contributed by atoms with Crippen LogP contribution in [-0.2, 0) is 10.0 Å². The van der Waals surface area contributed by atoms with E-state index in [0.29, 0.717) is 23.9 Å². The summed E-state index contributed by atoms with van der Waals surface area (Å²) in [5, 5.41) is 5.67. The lowest BCUT2D eigenvalue weighted by molar-refractivity contribution is 0.0976. The Bertz CT molecular complexity index is 1250. The molecule has 0 saturated heterocycles. The third-order valence-electron chi connectivity index (χ3n) is 5.64. The van der Waals surface area contributed by atoms with Crippen LogP contribution in [0.15, 0.2) is 36.4 Å². The van der Waals surface area contributed by atoms with Crippen molar-refractivity contribution in [3.63, 3.8) is 0 Å². The van der Waals surface area contributed by atoms with Gasteiger partial charge < -0.3 is 9.64 Å². The van der Waals surface area contributed by atoms with Gasteiger partial charge in [0, 0.05) is 18.5 Å². The minimum absolute atomic E-state index is 0.0345. The summed E-state index contributed by atoms with van der Waals surface area (Å²) >= 11 is 0. The van der Waals surface area contributed by atoms with Gasteiger partial charge >= 0.3 is 0 Å². The zero-order valence-electron chi connectivity index (χ0n) is 19.1. The van der Waals surface area contributed by atoms with Gasteiger partial charge in [-0.2, -0.15) is 5.10 Å². The van der Waals surface area contributed by atoms with Gasteiger partial charge in [0.25, 0.3) is 5.91 Å². The summed E-state index contributed by atoms with van der Waals surface area (Å²) < 4.78 is 33.2. The normalized spacial score (nSPS) is 14.4. The first-order chi connectivity index (χ1) is 15.7. The Morgan fingerprint density at radius 3 is 2.58 bits per heavy atom. The molecule has 0 radical (unpaired) electrons. The number of benzene rings is 1. The van der Waals surface area contributed by atoms with Crippen molar-refractivity contribution in [1.82, 2.24) is 24.4 Å². The van der Waals surface area contributed by atoms with E-state index in [1.54, 1.807) is 4.68 Å². The number of carbonyl (C=O) groups is 1. The second-order valence-corrected chi connectivity index (χ2v) is 10.4. The molecule has 33 heavy (non-hydrogen) atoms. The molecule has 0 aliphatic heterocycles. The Balaban J connectivity index is 1.85. The molecule has 1 fully saturated rings. The highest BCUT2D eigenvalue weighted by atomic mass is 32.2. The van der Waals surface area contributed by atoms with E-state index in [1.165, 1.54) is 6.07 Å². The van der Waals surface area contributed by atoms with E-state index in [4.69, 9.17) is 9.84 Å². The number of sulfonamides is 1. The largest absolute Gasteiger partial charge is 0.493 e.